The number of benzene rings is 1. The second-order valence-electron chi connectivity index (χ2n) is 3.46. The van der Waals surface area contributed by atoms with Crippen molar-refractivity contribution in [1.82, 2.24) is 0 Å². The van der Waals surface area contributed by atoms with Crippen molar-refractivity contribution >= 4 is 23.2 Å². The van der Waals surface area contributed by atoms with Crippen molar-refractivity contribution in [2.75, 3.05) is 0 Å². The maximum Gasteiger partial charge on any atom is 0.0595 e. The molecule has 0 unspecified atom stereocenters. The lowest BCUT2D eigenvalue weighted by molar-refractivity contribution is 0.831. The van der Waals surface area contributed by atoms with Gasteiger partial charge < -0.3 is 0 Å². The van der Waals surface area contributed by atoms with Crippen molar-refractivity contribution in [1.29, 1.82) is 0 Å². The number of hydrogen-bond acceptors (Lipinski definition) is 0. The molecule has 0 atom stereocenters. The lowest BCUT2D eigenvalue weighted by Gasteiger charge is -2.05. The summed E-state index contributed by atoms with van der Waals surface area (Å²) in [6.07, 6.45) is 2.15. The molecule has 0 bridgehead atoms. The Morgan fingerprint density at radius 2 is 1.85 bits per heavy atom. The molecule has 0 N–H and O–H groups in total. The van der Waals surface area contributed by atoms with Crippen molar-refractivity contribution in [3.8, 4) is 0 Å². The van der Waals surface area contributed by atoms with E-state index in [1.54, 1.807) is 0 Å². The van der Waals surface area contributed by atoms with Crippen LogP contribution < -0.4 is 0 Å². The smallest absolute Gasteiger partial charge is 0.0595 e. The van der Waals surface area contributed by atoms with Crippen LogP contribution in [0.2, 0.25) is 10.0 Å². The Labute approximate surface area is 89.9 Å². The van der Waals surface area contributed by atoms with Gasteiger partial charge in [0.2, 0.25) is 0 Å². The van der Waals surface area contributed by atoms with Gasteiger partial charge in [-0.15, -0.1) is 0 Å². The predicted octanol–water partition coefficient (Wildman–Crippen LogP) is 4.54. The number of rotatable bonds is 3. The van der Waals surface area contributed by atoms with E-state index in [1.807, 2.05) is 18.2 Å². The highest BCUT2D eigenvalue weighted by molar-refractivity contribution is 6.42. The Morgan fingerprint density at radius 1 is 1.15 bits per heavy atom. The molecule has 1 rings (SSSR count). The summed E-state index contributed by atoms with van der Waals surface area (Å²) in [7, 11) is 0. The first-order valence-electron chi connectivity index (χ1n) is 4.32. The van der Waals surface area contributed by atoms with Crippen LogP contribution in [0.3, 0.4) is 0 Å². The van der Waals surface area contributed by atoms with Crippen LogP contribution in [0, 0.1) is 5.92 Å². The zero-order chi connectivity index (χ0) is 9.84. The average molecular weight is 216 g/mol. The number of halogens is 2. The summed E-state index contributed by atoms with van der Waals surface area (Å²) in [6.45, 7) is 4.27. The standard InChI is InChI=1S/C11H13Cl2/c1-8(2)3-4-9-5-6-10(12)11(13)7-9/h5-7H,3-4H2,1-2H3. The zero-order valence-electron chi connectivity index (χ0n) is 7.90. The molecule has 1 aromatic carbocycles. The molecule has 0 aliphatic rings. The maximum atomic E-state index is 5.89. The summed E-state index contributed by atoms with van der Waals surface area (Å²) in [5, 5.41) is 1.27. The van der Waals surface area contributed by atoms with Gasteiger partial charge in [0, 0.05) is 0 Å². The quantitative estimate of drug-likeness (QED) is 0.695. The van der Waals surface area contributed by atoms with Crippen molar-refractivity contribution in [3.63, 3.8) is 0 Å². The molecular weight excluding hydrogens is 203 g/mol. The van der Waals surface area contributed by atoms with Gasteiger partial charge in [-0.25, -0.2) is 0 Å². The zero-order valence-corrected chi connectivity index (χ0v) is 9.41. The molecule has 0 saturated carbocycles. The molecule has 0 nitrogen and oxygen atoms in total. The molecule has 71 valence electrons. The first kappa shape index (κ1) is 10.9. The van der Waals surface area contributed by atoms with Crippen LogP contribution in [-0.2, 0) is 6.42 Å². The minimum atomic E-state index is 0.627. The third kappa shape index (κ3) is 3.58. The van der Waals surface area contributed by atoms with E-state index in [2.05, 4.69) is 13.8 Å². The molecule has 13 heavy (non-hydrogen) atoms. The van der Waals surface area contributed by atoms with E-state index in [-0.39, 0.29) is 0 Å². The summed E-state index contributed by atoms with van der Waals surface area (Å²) < 4.78 is 0. The Morgan fingerprint density at radius 3 is 2.38 bits per heavy atom. The van der Waals surface area contributed by atoms with Crippen LogP contribution in [0.4, 0.5) is 0 Å². The third-order valence-electron chi connectivity index (χ3n) is 1.90. The van der Waals surface area contributed by atoms with Gasteiger partial charge in [0.25, 0.3) is 0 Å². The fraction of sp³-hybridized carbons (Fsp3) is 0.364. The normalized spacial score (nSPS) is 10.8. The van der Waals surface area contributed by atoms with Gasteiger partial charge in [0.15, 0.2) is 0 Å². The van der Waals surface area contributed by atoms with Crippen molar-refractivity contribution in [2.45, 2.75) is 26.7 Å². The molecule has 0 aromatic heterocycles. The van der Waals surface area contributed by atoms with Crippen LogP contribution in [-0.4, -0.2) is 0 Å². The van der Waals surface area contributed by atoms with Gasteiger partial charge in [-0.05, 0) is 36.5 Å². The van der Waals surface area contributed by atoms with E-state index in [1.165, 1.54) is 11.5 Å². The van der Waals surface area contributed by atoms with Crippen LogP contribution in [0.15, 0.2) is 18.2 Å². The molecule has 0 aliphatic heterocycles. The number of hydrogen-bond donors (Lipinski definition) is 0. The SMILES string of the molecule is C[C](C)CCc1ccc(Cl)c(Cl)c1. The Hall–Kier alpha value is -0.200. The largest absolute Gasteiger partial charge is 0.0827 e. The van der Waals surface area contributed by atoms with E-state index >= 15 is 0 Å². The van der Waals surface area contributed by atoms with Crippen LogP contribution in [0.5, 0.6) is 0 Å². The van der Waals surface area contributed by atoms with Gasteiger partial charge in [-0.1, -0.05) is 43.1 Å². The summed E-state index contributed by atoms with van der Waals surface area (Å²) in [4.78, 5) is 0. The molecule has 0 spiro atoms. The summed E-state index contributed by atoms with van der Waals surface area (Å²) >= 11 is 11.7. The van der Waals surface area contributed by atoms with E-state index in [4.69, 9.17) is 23.2 Å². The van der Waals surface area contributed by atoms with Gasteiger partial charge >= 0.3 is 0 Å². The van der Waals surface area contributed by atoms with Gasteiger partial charge in [0.1, 0.15) is 0 Å². The Kier molecular flexibility index (Phi) is 4.08. The van der Waals surface area contributed by atoms with Crippen molar-refractivity contribution < 1.29 is 0 Å². The van der Waals surface area contributed by atoms with Crippen LogP contribution in [0.25, 0.3) is 0 Å². The highest BCUT2D eigenvalue weighted by atomic mass is 35.5. The molecule has 0 heterocycles. The minimum absolute atomic E-state index is 0.627. The first-order chi connectivity index (χ1) is 6.09. The molecule has 1 radical (unpaired) electrons. The third-order valence-corrected chi connectivity index (χ3v) is 2.64. The lowest BCUT2D eigenvalue weighted by atomic mass is 10.0. The van der Waals surface area contributed by atoms with Gasteiger partial charge in [0.05, 0.1) is 10.0 Å². The maximum absolute atomic E-state index is 5.89. The fourth-order valence-electron chi connectivity index (χ4n) is 1.09. The van der Waals surface area contributed by atoms with E-state index in [0.29, 0.717) is 10.0 Å². The summed E-state index contributed by atoms with van der Waals surface area (Å²) in [5.74, 6) is 1.44. The second kappa shape index (κ2) is 4.88. The lowest BCUT2D eigenvalue weighted by Crippen LogP contribution is -1.90. The summed E-state index contributed by atoms with van der Waals surface area (Å²) in [6, 6.07) is 5.81. The monoisotopic (exact) mass is 215 g/mol. The molecular formula is C11H13Cl2. The van der Waals surface area contributed by atoms with Crippen molar-refractivity contribution in [3.05, 3.63) is 39.7 Å². The van der Waals surface area contributed by atoms with Crippen LogP contribution in [0.1, 0.15) is 25.8 Å². The molecule has 2 heteroatoms. The van der Waals surface area contributed by atoms with Gasteiger partial charge in [-0.3, -0.25) is 0 Å². The molecule has 0 aliphatic carbocycles. The Bertz CT molecular complexity index is 279. The number of aryl methyl sites for hydroxylation is 1. The highest BCUT2D eigenvalue weighted by Gasteiger charge is 2.00. The second-order valence-corrected chi connectivity index (χ2v) is 4.27. The van der Waals surface area contributed by atoms with E-state index in [9.17, 15) is 0 Å². The molecule has 0 saturated heterocycles. The highest BCUT2D eigenvalue weighted by Crippen LogP contribution is 2.23. The molecule has 0 fully saturated rings. The van der Waals surface area contributed by atoms with E-state index in [0.717, 1.165) is 12.8 Å². The van der Waals surface area contributed by atoms with Crippen LogP contribution >= 0.6 is 23.2 Å². The Balaban J connectivity index is 2.63. The molecule has 1 aromatic rings. The van der Waals surface area contributed by atoms with E-state index < -0.39 is 0 Å². The van der Waals surface area contributed by atoms with Gasteiger partial charge in [-0.2, -0.15) is 0 Å². The van der Waals surface area contributed by atoms with Crippen molar-refractivity contribution in [2.24, 2.45) is 0 Å². The predicted molar refractivity (Wildman–Crippen MR) is 59.4 cm³/mol. The topological polar surface area (TPSA) is 0 Å². The summed E-state index contributed by atoms with van der Waals surface area (Å²) in [5.41, 5.74) is 1.25. The molecule has 0 amide bonds. The average Bonchev–Trinajstić information content (AvgIpc) is 2.07. The minimum Gasteiger partial charge on any atom is -0.0827 e. The first-order valence-corrected chi connectivity index (χ1v) is 5.08. The fourth-order valence-corrected chi connectivity index (χ4v) is 1.41.